The van der Waals surface area contributed by atoms with Crippen molar-refractivity contribution in [2.75, 3.05) is 14.1 Å². The van der Waals surface area contributed by atoms with Crippen LogP contribution in [0.2, 0.25) is 0 Å². The van der Waals surface area contributed by atoms with Crippen molar-refractivity contribution < 1.29 is 0 Å². The molecular formula is C16H24N6. The van der Waals surface area contributed by atoms with Crippen molar-refractivity contribution in [1.29, 1.82) is 0 Å². The van der Waals surface area contributed by atoms with Gasteiger partial charge in [-0.3, -0.25) is 9.67 Å². The summed E-state index contributed by atoms with van der Waals surface area (Å²) in [5.74, 6) is 1.71. The average molecular weight is 300 g/mol. The Morgan fingerprint density at radius 3 is 2.50 bits per heavy atom. The Morgan fingerprint density at radius 1 is 1.27 bits per heavy atom. The van der Waals surface area contributed by atoms with Crippen LogP contribution in [0.3, 0.4) is 0 Å². The first-order chi connectivity index (χ1) is 10.6. The van der Waals surface area contributed by atoms with Gasteiger partial charge in [0.05, 0.1) is 6.54 Å². The third-order valence-corrected chi connectivity index (χ3v) is 3.63. The summed E-state index contributed by atoms with van der Waals surface area (Å²) in [6, 6.07) is 8.70. The summed E-state index contributed by atoms with van der Waals surface area (Å²) in [5.41, 5.74) is 2.62. The van der Waals surface area contributed by atoms with E-state index in [-0.39, 0.29) is 0 Å². The number of benzene rings is 1. The molecule has 1 aromatic carbocycles. The van der Waals surface area contributed by atoms with E-state index in [1.165, 1.54) is 11.1 Å². The average Bonchev–Trinajstić information content (AvgIpc) is 2.94. The van der Waals surface area contributed by atoms with Gasteiger partial charge in [-0.15, -0.1) is 0 Å². The largest absolute Gasteiger partial charge is 0.349 e. The molecule has 22 heavy (non-hydrogen) atoms. The highest BCUT2D eigenvalue weighted by atomic mass is 15.3. The molecule has 118 valence electrons. The number of guanidine groups is 1. The van der Waals surface area contributed by atoms with Crippen LogP contribution in [0.5, 0.6) is 0 Å². The molecule has 1 N–H and O–H groups in total. The van der Waals surface area contributed by atoms with Crippen LogP contribution in [0.4, 0.5) is 0 Å². The zero-order valence-corrected chi connectivity index (χ0v) is 13.7. The van der Waals surface area contributed by atoms with Gasteiger partial charge in [-0.1, -0.05) is 31.2 Å². The maximum Gasteiger partial charge on any atom is 0.194 e. The molecule has 6 nitrogen and oxygen atoms in total. The van der Waals surface area contributed by atoms with E-state index in [9.17, 15) is 0 Å². The Morgan fingerprint density at radius 2 is 1.95 bits per heavy atom. The highest BCUT2D eigenvalue weighted by molar-refractivity contribution is 5.79. The number of rotatable bonds is 5. The minimum atomic E-state index is 0.599. The van der Waals surface area contributed by atoms with Crippen LogP contribution in [-0.4, -0.2) is 39.7 Å². The first kappa shape index (κ1) is 16.0. The number of aliphatic imine (C=N–C) groups is 1. The molecule has 0 unspecified atom stereocenters. The van der Waals surface area contributed by atoms with Gasteiger partial charge in [0.2, 0.25) is 0 Å². The van der Waals surface area contributed by atoms with Gasteiger partial charge < -0.3 is 10.2 Å². The van der Waals surface area contributed by atoms with Crippen molar-refractivity contribution in [1.82, 2.24) is 25.0 Å². The molecule has 0 atom stereocenters. The van der Waals surface area contributed by atoms with Crippen LogP contribution < -0.4 is 5.32 Å². The Hall–Kier alpha value is -2.37. The van der Waals surface area contributed by atoms with Crippen LogP contribution in [0.15, 0.2) is 35.6 Å². The lowest BCUT2D eigenvalue weighted by Crippen LogP contribution is -2.38. The number of hydrogen-bond donors (Lipinski definition) is 1. The first-order valence-corrected chi connectivity index (χ1v) is 7.46. The fourth-order valence-corrected chi connectivity index (χ4v) is 2.25. The fourth-order valence-electron chi connectivity index (χ4n) is 2.25. The molecule has 0 amide bonds. The van der Waals surface area contributed by atoms with Crippen LogP contribution in [0.25, 0.3) is 0 Å². The van der Waals surface area contributed by atoms with Crippen LogP contribution >= 0.6 is 0 Å². The summed E-state index contributed by atoms with van der Waals surface area (Å²) in [7, 11) is 5.70. The minimum absolute atomic E-state index is 0.599. The zero-order chi connectivity index (χ0) is 15.9. The SMILES string of the molecule is CCc1ccc(CN(C)C(=NC)NCc2ncnn2C)cc1. The number of aromatic nitrogens is 3. The van der Waals surface area contributed by atoms with Crippen molar-refractivity contribution in [2.24, 2.45) is 12.0 Å². The van der Waals surface area contributed by atoms with Gasteiger partial charge in [-0.25, -0.2) is 4.98 Å². The lowest BCUT2D eigenvalue weighted by molar-refractivity contribution is 0.474. The van der Waals surface area contributed by atoms with E-state index in [4.69, 9.17) is 0 Å². The molecule has 0 aliphatic rings. The summed E-state index contributed by atoms with van der Waals surface area (Å²) in [6.07, 6.45) is 2.62. The lowest BCUT2D eigenvalue weighted by Gasteiger charge is -2.22. The predicted molar refractivity (Wildman–Crippen MR) is 88.5 cm³/mol. The Labute approximate surface area is 131 Å². The number of hydrogen-bond acceptors (Lipinski definition) is 3. The number of aryl methyl sites for hydroxylation is 2. The quantitative estimate of drug-likeness (QED) is 0.673. The fraction of sp³-hybridized carbons (Fsp3) is 0.438. The van der Waals surface area contributed by atoms with Gasteiger partial charge in [-0.05, 0) is 17.5 Å². The van der Waals surface area contributed by atoms with Gasteiger partial charge in [0.1, 0.15) is 12.2 Å². The molecule has 0 spiro atoms. The Balaban J connectivity index is 1.93. The van der Waals surface area contributed by atoms with E-state index in [0.29, 0.717) is 6.54 Å². The molecular weight excluding hydrogens is 276 g/mol. The predicted octanol–water partition coefficient (Wildman–Crippen LogP) is 1.58. The maximum atomic E-state index is 4.32. The van der Waals surface area contributed by atoms with E-state index in [0.717, 1.165) is 24.7 Å². The van der Waals surface area contributed by atoms with Gasteiger partial charge in [-0.2, -0.15) is 5.10 Å². The minimum Gasteiger partial charge on any atom is -0.349 e. The smallest absolute Gasteiger partial charge is 0.194 e. The van der Waals surface area contributed by atoms with Crippen molar-refractivity contribution >= 4 is 5.96 Å². The summed E-state index contributed by atoms with van der Waals surface area (Å²) in [5, 5.41) is 7.37. The molecule has 2 rings (SSSR count). The highest BCUT2D eigenvalue weighted by Crippen LogP contribution is 2.07. The first-order valence-electron chi connectivity index (χ1n) is 7.46. The molecule has 0 radical (unpaired) electrons. The van der Waals surface area contributed by atoms with Gasteiger partial charge in [0.15, 0.2) is 5.96 Å². The number of nitrogens with one attached hydrogen (secondary N) is 1. The van der Waals surface area contributed by atoms with E-state index < -0.39 is 0 Å². The molecule has 6 heteroatoms. The molecule has 0 aliphatic heterocycles. The maximum absolute atomic E-state index is 4.32. The van der Waals surface area contributed by atoms with Gasteiger partial charge in [0, 0.05) is 27.7 Å². The third kappa shape index (κ3) is 4.07. The number of nitrogens with zero attached hydrogens (tertiary/aromatic N) is 5. The van der Waals surface area contributed by atoms with Crippen LogP contribution in [0, 0.1) is 0 Å². The summed E-state index contributed by atoms with van der Waals surface area (Å²) in [4.78, 5) is 10.6. The molecule has 1 heterocycles. The molecule has 0 bridgehead atoms. The summed E-state index contributed by atoms with van der Waals surface area (Å²) in [6.45, 7) is 3.57. The molecule has 0 fully saturated rings. The van der Waals surface area contributed by atoms with Gasteiger partial charge >= 0.3 is 0 Å². The summed E-state index contributed by atoms with van der Waals surface area (Å²) >= 11 is 0. The second-order valence-electron chi connectivity index (χ2n) is 5.23. The monoisotopic (exact) mass is 300 g/mol. The molecule has 2 aromatic rings. The van der Waals surface area contributed by atoms with Crippen LogP contribution in [0.1, 0.15) is 23.9 Å². The Bertz CT molecular complexity index is 614. The summed E-state index contributed by atoms with van der Waals surface area (Å²) < 4.78 is 1.75. The Kier molecular flexibility index (Phi) is 5.52. The topological polar surface area (TPSA) is 58.3 Å². The van der Waals surface area contributed by atoms with Crippen molar-refractivity contribution in [3.05, 3.63) is 47.5 Å². The van der Waals surface area contributed by atoms with Crippen LogP contribution in [-0.2, 0) is 26.6 Å². The molecule has 0 saturated heterocycles. The van der Waals surface area contributed by atoms with Crippen molar-refractivity contribution in [2.45, 2.75) is 26.4 Å². The van der Waals surface area contributed by atoms with Crippen molar-refractivity contribution in [3.8, 4) is 0 Å². The van der Waals surface area contributed by atoms with E-state index in [2.05, 4.69) is 56.5 Å². The normalized spacial score (nSPS) is 11.5. The van der Waals surface area contributed by atoms with Gasteiger partial charge in [0.25, 0.3) is 0 Å². The lowest BCUT2D eigenvalue weighted by atomic mass is 10.1. The third-order valence-electron chi connectivity index (χ3n) is 3.63. The molecule has 1 aromatic heterocycles. The second kappa shape index (κ2) is 7.59. The second-order valence-corrected chi connectivity index (χ2v) is 5.23. The zero-order valence-electron chi connectivity index (χ0n) is 13.7. The highest BCUT2D eigenvalue weighted by Gasteiger charge is 2.08. The van der Waals surface area contributed by atoms with Crippen molar-refractivity contribution in [3.63, 3.8) is 0 Å². The van der Waals surface area contributed by atoms with E-state index in [1.807, 2.05) is 14.1 Å². The molecule has 0 saturated carbocycles. The van der Waals surface area contributed by atoms with E-state index >= 15 is 0 Å². The molecule has 0 aliphatic carbocycles. The standard InChI is InChI=1S/C16H24N6/c1-5-13-6-8-14(9-7-13)11-21(3)16(17-2)18-10-15-19-12-20-22(15)4/h6-9,12H,5,10-11H2,1-4H3,(H,17,18). The van der Waals surface area contributed by atoms with E-state index in [1.54, 1.807) is 18.1 Å².